The van der Waals surface area contributed by atoms with Crippen molar-refractivity contribution in [2.75, 3.05) is 0 Å². The van der Waals surface area contributed by atoms with Gasteiger partial charge in [0.05, 0.1) is 5.92 Å². The Labute approximate surface area is 130 Å². The molecule has 0 amide bonds. The first-order valence-corrected chi connectivity index (χ1v) is 8.46. The van der Waals surface area contributed by atoms with E-state index >= 15 is 0 Å². The molecule has 1 aliphatic rings. The molecule has 1 fully saturated rings. The van der Waals surface area contributed by atoms with Crippen molar-refractivity contribution < 1.29 is 9.90 Å². The largest absolute Gasteiger partial charge is 0.481 e. The van der Waals surface area contributed by atoms with Crippen LogP contribution in [0.2, 0.25) is 0 Å². The lowest BCUT2D eigenvalue weighted by Crippen LogP contribution is -2.38. The SMILES string of the molecule is CCC(C)(C)C1CCC(C(=O)O)C(Sc2ncnn2C)C1. The van der Waals surface area contributed by atoms with Crippen molar-refractivity contribution in [3.05, 3.63) is 6.33 Å². The van der Waals surface area contributed by atoms with Crippen molar-refractivity contribution in [2.24, 2.45) is 24.3 Å². The number of rotatable bonds is 5. The molecule has 1 N–H and O–H groups in total. The Morgan fingerprint density at radius 2 is 2.24 bits per heavy atom. The van der Waals surface area contributed by atoms with Crippen LogP contribution >= 0.6 is 11.8 Å². The molecule has 1 aromatic rings. The van der Waals surface area contributed by atoms with Gasteiger partial charge in [0, 0.05) is 12.3 Å². The van der Waals surface area contributed by atoms with Gasteiger partial charge in [-0.3, -0.25) is 4.79 Å². The smallest absolute Gasteiger partial charge is 0.307 e. The van der Waals surface area contributed by atoms with Crippen molar-refractivity contribution in [1.82, 2.24) is 14.8 Å². The predicted molar refractivity (Wildman–Crippen MR) is 83.2 cm³/mol. The second kappa shape index (κ2) is 6.38. The van der Waals surface area contributed by atoms with E-state index in [1.54, 1.807) is 16.4 Å². The molecular weight excluding hydrogens is 286 g/mol. The van der Waals surface area contributed by atoms with Crippen LogP contribution in [0.15, 0.2) is 11.5 Å². The monoisotopic (exact) mass is 311 g/mol. The van der Waals surface area contributed by atoms with E-state index in [0.717, 1.165) is 30.8 Å². The van der Waals surface area contributed by atoms with E-state index < -0.39 is 5.97 Å². The van der Waals surface area contributed by atoms with Gasteiger partial charge in [-0.15, -0.1) is 0 Å². The number of carbonyl (C=O) groups is 1. The number of carboxylic acids is 1. The van der Waals surface area contributed by atoms with Gasteiger partial charge in [-0.25, -0.2) is 9.67 Å². The zero-order valence-corrected chi connectivity index (χ0v) is 14.1. The fourth-order valence-electron chi connectivity index (χ4n) is 3.07. The summed E-state index contributed by atoms with van der Waals surface area (Å²) in [5.41, 5.74) is 0.266. The Morgan fingerprint density at radius 3 is 2.76 bits per heavy atom. The predicted octanol–water partition coefficient (Wildman–Crippen LogP) is 3.21. The van der Waals surface area contributed by atoms with Gasteiger partial charge >= 0.3 is 5.97 Å². The first kappa shape index (κ1) is 16.3. The Hall–Kier alpha value is -1.04. The highest BCUT2D eigenvalue weighted by molar-refractivity contribution is 7.99. The number of aryl methyl sites for hydroxylation is 1. The van der Waals surface area contributed by atoms with Gasteiger partial charge in [-0.2, -0.15) is 5.10 Å². The van der Waals surface area contributed by atoms with Crippen molar-refractivity contribution in [1.29, 1.82) is 0 Å². The van der Waals surface area contributed by atoms with Crippen LogP contribution in [0.1, 0.15) is 46.5 Å². The van der Waals surface area contributed by atoms with Crippen molar-refractivity contribution >= 4 is 17.7 Å². The van der Waals surface area contributed by atoms with E-state index in [4.69, 9.17) is 0 Å². The molecule has 3 atom stereocenters. The number of thioether (sulfide) groups is 1. The first-order valence-electron chi connectivity index (χ1n) is 7.58. The van der Waals surface area contributed by atoms with Crippen LogP contribution in [-0.2, 0) is 11.8 Å². The molecule has 21 heavy (non-hydrogen) atoms. The molecule has 6 heteroatoms. The number of hydrogen-bond donors (Lipinski definition) is 1. The van der Waals surface area contributed by atoms with Crippen LogP contribution in [0.4, 0.5) is 0 Å². The minimum Gasteiger partial charge on any atom is -0.481 e. The van der Waals surface area contributed by atoms with Crippen LogP contribution in [0.25, 0.3) is 0 Å². The standard InChI is InChI=1S/C15H25N3O2S/c1-5-15(2,3)10-6-7-11(13(19)20)12(8-10)21-14-16-9-17-18(14)4/h9-12H,5-8H2,1-4H3,(H,19,20). The molecular formula is C15H25N3O2S. The maximum Gasteiger partial charge on any atom is 0.307 e. The van der Waals surface area contributed by atoms with Crippen LogP contribution < -0.4 is 0 Å². The Balaban J connectivity index is 2.16. The topological polar surface area (TPSA) is 68.0 Å². The quantitative estimate of drug-likeness (QED) is 0.904. The van der Waals surface area contributed by atoms with Crippen molar-refractivity contribution in [3.8, 4) is 0 Å². The Kier molecular flexibility index (Phi) is 4.96. The average molecular weight is 311 g/mol. The zero-order valence-electron chi connectivity index (χ0n) is 13.2. The van der Waals surface area contributed by atoms with Gasteiger partial charge in [-0.05, 0) is 30.6 Å². The molecule has 0 saturated heterocycles. The van der Waals surface area contributed by atoms with Crippen molar-refractivity contribution in [2.45, 2.75) is 56.9 Å². The highest BCUT2D eigenvalue weighted by Gasteiger charge is 2.41. The summed E-state index contributed by atoms with van der Waals surface area (Å²) in [6.07, 6.45) is 5.35. The lowest BCUT2D eigenvalue weighted by Gasteiger charge is -2.41. The molecule has 0 aliphatic heterocycles. The minimum atomic E-state index is -0.678. The summed E-state index contributed by atoms with van der Waals surface area (Å²) in [6.45, 7) is 6.81. The molecule has 1 heterocycles. The third kappa shape index (κ3) is 3.59. The van der Waals surface area contributed by atoms with Gasteiger partial charge in [-0.1, -0.05) is 39.0 Å². The zero-order chi connectivity index (χ0) is 15.6. The van der Waals surface area contributed by atoms with Gasteiger partial charge < -0.3 is 5.11 Å². The number of nitrogens with zero attached hydrogens (tertiary/aromatic N) is 3. The van der Waals surface area contributed by atoms with E-state index in [1.165, 1.54) is 6.33 Å². The summed E-state index contributed by atoms with van der Waals surface area (Å²) in [4.78, 5) is 15.8. The molecule has 0 bridgehead atoms. The lowest BCUT2D eigenvalue weighted by atomic mass is 9.67. The normalized spacial score (nSPS) is 26.8. The lowest BCUT2D eigenvalue weighted by molar-refractivity contribution is -0.143. The second-order valence-electron chi connectivity index (χ2n) is 6.62. The summed E-state index contributed by atoms with van der Waals surface area (Å²) >= 11 is 1.57. The van der Waals surface area contributed by atoms with E-state index in [1.807, 2.05) is 7.05 Å². The molecule has 0 radical (unpaired) electrons. The fourth-order valence-corrected chi connectivity index (χ4v) is 4.39. The van der Waals surface area contributed by atoms with E-state index in [-0.39, 0.29) is 16.6 Å². The van der Waals surface area contributed by atoms with E-state index in [0.29, 0.717) is 5.92 Å². The number of carboxylic acid groups (broad SMARTS) is 1. The Morgan fingerprint density at radius 1 is 1.52 bits per heavy atom. The van der Waals surface area contributed by atoms with E-state index in [2.05, 4.69) is 30.9 Å². The molecule has 0 spiro atoms. The summed E-state index contributed by atoms with van der Waals surface area (Å²) in [5.74, 6) is -0.387. The molecule has 118 valence electrons. The van der Waals surface area contributed by atoms with Gasteiger partial charge in [0.15, 0.2) is 5.16 Å². The molecule has 1 saturated carbocycles. The van der Waals surface area contributed by atoms with Crippen molar-refractivity contribution in [3.63, 3.8) is 0 Å². The first-order chi connectivity index (χ1) is 9.85. The molecule has 2 rings (SSSR count). The number of hydrogen-bond acceptors (Lipinski definition) is 4. The minimum absolute atomic E-state index is 0.0787. The summed E-state index contributed by atoms with van der Waals surface area (Å²) < 4.78 is 1.72. The highest BCUT2D eigenvalue weighted by atomic mass is 32.2. The van der Waals surface area contributed by atoms with Gasteiger partial charge in [0.2, 0.25) is 0 Å². The summed E-state index contributed by atoms with van der Waals surface area (Å²) in [7, 11) is 1.85. The van der Waals surface area contributed by atoms with Crippen LogP contribution in [0.3, 0.4) is 0 Å². The van der Waals surface area contributed by atoms with Gasteiger partial charge in [0.1, 0.15) is 6.33 Å². The molecule has 5 nitrogen and oxygen atoms in total. The highest BCUT2D eigenvalue weighted by Crippen LogP contribution is 2.46. The maximum absolute atomic E-state index is 11.5. The summed E-state index contributed by atoms with van der Waals surface area (Å²) in [5, 5.41) is 14.5. The molecule has 1 aromatic heterocycles. The summed E-state index contributed by atoms with van der Waals surface area (Å²) in [6, 6.07) is 0. The van der Waals surface area contributed by atoms with Gasteiger partial charge in [0.25, 0.3) is 0 Å². The average Bonchev–Trinajstić information content (AvgIpc) is 2.84. The Bertz CT molecular complexity index is 501. The molecule has 0 aromatic carbocycles. The van der Waals surface area contributed by atoms with E-state index in [9.17, 15) is 9.90 Å². The third-order valence-corrected chi connectivity index (χ3v) is 6.46. The van der Waals surface area contributed by atoms with Crippen LogP contribution in [0.5, 0.6) is 0 Å². The fraction of sp³-hybridized carbons (Fsp3) is 0.800. The van der Waals surface area contributed by atoms with Crippen LogP contribution in [-0.4, -0.2) is 31.1 Å². The molecule has 1 aliphatic carbocycles. The second-order valence-corrected chi connectivity index (χ2v) is 7.83. The number of aliphatic carboxylic acids is 1. The number of aromatic nitrogens is 3. The maximum atomic E-state index is 11.5. The van der Waals surface area contributed by atoms with Crippen LogP contribution in [0, 0.1) is 17.3 Å². The third-order valence-electron chi connectivity index (χ3n) is 5.05. The molecule has 3 unspecified atom stereocenters.